The van der Waals surface area contributed by atoms with E-state index >= 15 is 0 Å². The molecule has 0 heterocycles. The van der Waals surface area contributed by atoms with Gasteiger partial charge in [-0.15, -0.1) is 0 Å². The van der Waals surface area contributed by atoms with Gasteiger partial charge in [0.15, 0.2) is 0 Å². The maximum Gasteiger partial charge on any atom is 0.315 e. The highest BCUT2D eigenvalue weighted by molar-refractivity contribution is 5.73. The lowest BCUT2D eigenvalue weighted by atomic mass is 10.1. The Morgan fingerprint density at radius 2 is 1.78 bits per heavy atom. The van der Waals surface area contributed by atoms with Crippen LogP contribution < -0.4 is 15.4 Å². The number of nitrogens with zero attached hydrogens (tertiary/aromatic N) is 1. The first kappa shape index (κ1) is 20.7. The Morgan fingerprint density at radius 1 is 1.04 bits per heavy atom. The van der Waals surface area contributed by atoms with Crippen molar-refractivity contribution in [2.24, 2.45) is 0 Å². The molecule has 0 spiro atoms. The smallest absolute Gasteiger partial charge is 0.315 e. The Kier molecular flexibility index (Phi) is 8.58. The highest BCUT2D eigenvalue weighted by Gasteiger charge is 2.07. The molecule has 2 aromatic rings. The number of nitrogens with one attached hydrogen (secondary N) is 2. The second-order valence-electron chi connectivity index (χ2n) is 6.15. The van der Waals surface area contributed by atoms with Crippen LogP contribution in [0.1, 0.15) is 25.0 Å². The van der Waals surface area contributed by atoms with E-state index in [4.69, 9.17) is 4.74 Å². The van der Waals surface area contributed by atoms with Crippen LogP contribution in [0.2, 0.25) is 0 Å². The van der Waals surface area contributed by atoms with Crippen molar-refractivity contribution in [1.82, 2.24) is 15.5 Å². The molecule has 2 amide bonds. The number of amides is 2. The van der Waals surface area contributed by atoms with Crippen LogP contribution in [0.3, 0.4) is 0 Å². The summed E-state index contributed by atoms with van der Waals surface area (Å²) >= 11 is 0. The van der Waals surface area contributed by atoms with Gasteiger partial charge in [0, 0.05) is 19.2 Å². The molecule has 0 bridgehead atoms. The maximum atomic E-state index is 13.1. The van der Waals surface area contributed by atoms with Crippen LogP contribution in [0.25, 0.3) is 0 Å². The summed E-state index contributed by atoms with van der Waals surface area (Å²) in [6, 6.07) is 13.8. The molecule has 0 unspecified atom stereocenters. The summed E-state index contributed by atoms with van der Waals surface area (Å²) < 4.78 is 18.5. The van der Waals surface area contributed by atoms with Gasteiger partial charge in [-0.1, -0.05) is 44.2 Å². The van der Waals surface area contributed by atoms with Crippen LogP contribution in [0.15, 0.2) is 48.5 Å². The molecule has 0 fully saturated rings. The van der Waals surface area contributed by atoms with E-state index in [0.717, 1.165) is 25.2 Å². The highest BCUT2D eigenvalue weighted by atomic mass is 19.1. The summed E-state index contributed by atoms with van der Waals surface area (Å²) in [6.45, 7) is 8.21. The third-order valence-corrected chi connectivity index (χ3v) is 4.30. The van der Waals surface area contributed by atoms with Crippen molar-refractivity contribution in [3.63, 3.8) is 0 Å². The van der Waals surface area contributed by atoms with Crippen molar-refractivity contribution in [1.29, 1.82) is 0 Å². The molecule has 2 N–H and O–H groups in total. The van der Waals surface area contributed by atoms with Crippen LogP contribution in [0.5, 0.6) is 5.75 Å². The van der Waals surface area contributed by atoms with E-state index in [1.807, 2.05) is 18.2 Å². The molecule has 2 rings (SSSR count). The SMILES string of the molecule is CCN(CC)Cc1ccccc1CNC(=O)NCCOc1cccc(F)c1. The number of rotatable bonds is 10. The van der Waals surface area contributed by atoms with Crippen LogP contribution in [-0.4, -0.2) is 37.2 Å². The molecule has 2 aromatic carbocycles. The number of hydrogen-bond donors (Lipinski definition) is 2. The van der Waals surface area contributed by atoms with Gasteiger partial charge in [-0.3, -0.25) is 4.90 Å². The molecule has 0 aromatic heterocycles. The first-order chi connectivity index (χ1) is 13.1. The number of ether oxygens (including phenoxy) is 1. The number of halogens is 1. The lowest BCUT2D eigenvalue weighted by Crippen LogP contribution is -2.37. The lowest BCUT2D eigenvalue weighted by molar-refractivity contribution is 0.236. The third-order valence-electron chi connectivity index (χ3n) is 4.30. The molecule has 0 aliphatic heterocycles. The average molecular weight is 373 g/mol. The molecular formula is C21H28FN3O2. The van der Waals surface area contributed by atoms with Crippen LogP contribution >= 0.6 is 0 Å². The number of benzene rings is 2. The number of urea groups is 1. The predicted octanol–water partition coefficient (Wildman–Crippen LogP) is 3.55. The van der Waals surface area contributed by atoms with Gasteiger partial charge in [-0.2, -0.15) is 0 Å². The standard InChI is InChI=1S/C21H28FN3O2/c1-3-25(4-2)16-18-9-6-5-8-17(18)15-24-21(26)23-12-13-27-20-11-7-10-19(22)14-20/h5-11,14H,3-4,12-13,15-16H2,1-2H3,(H2,23,24,26). The van der Waals surface area contributed by atoms with Gasteiger partial charge in [0.2, 0.25) is 0 Å². The summed E-state index contributed by atoms with van der Waals surface area (Å²) in [4.78, 5) is 14.3. The van der Waals surface area contributed by atoms with E-state index in [9.17, 15) is 9.18 Å². The fourth-order valence-electron chi connectivity index (χ4n) is 2.70. The zero-order valence-corrected chi connectivity index (χ0v) is 16.0. The van der Waals surface area contributed by atoms with Crippen molar-refractivity contribution in [3.05, 3.63) is 65.5 Å². The molecule has 0 atom stereocenters. The number of hydrogen-bond acceptors (Lipinski definition) is 3. The zero-order valence-electron chi connectivity index (χ0n) is 16.0. The molecule has 0 saturated heterocycles. The Balaban J connectivity index is 1.74. The maximum absolute atomic E-state index is 13.1. The summed E-state index contributed by atoms with van der Waals surface area (Å²) in [7, 11) is 0. The highest BCUT2D eigenvalue weighted by Crippen LogP contribution is 2.12. The summed E-state index contributed by atoms with van der Waals surface area (Å²) in [5.74, 6) is 0.101. The first-order valence-electron chi connectivity index (χ1n) is 9.31. The van der Waals surface area contributed by atoms with E-state index in [2.05, 4.69) is 35.4 Å². The van der Waals surface area contributed by atoms with Crippen LogP contribution in [-0.2, 0) is 13.1 Å². The van der Waals surface area contributed by atoms with Gasteiger partial charge in [-0.05, 0) is 36.3 Å². The van der Waals surface area contributed by atoms with Gasteiger partial charge in [0.1, 0.15) is 18.2 Å². The normalized spacial score (nSPS) is 10.7. The molecule has 5 nitrogen and oxygen atoms in total. The van der Waals surface area contributed by atoms with E-state index in [1.54, 1.807) is 12.1 Å². The van der Waals surface area contributed by atoms with Gasteiger partial charge in [-0.25, -0.2) is 9.18 Å². The minimum Gasteiger partial charge on any atom is -0.492 e. The molecule has 0 radical (unpaired) electrons. The first-order valence-corrected chi connectivity index (χ1v) is 9.31. The topological polar surface area (TPSA) is 53.6 Å². The summed E-state index contributed by atoms with van der Waals surface area (Å²) in [5, 5.41) is 5.61. The van der Waals surface area contributed by atoms with Crippen molar-refractivity contribution in [3.8, 4) is 5.75 Å². The van der Waals surface area contributed by atoms with Crippen LogP contribution in [0.4, 0.5) is 9.18 Å². The quantitative estimate of drug-likeness (QED) is 0.626. The second kappa shape index (κ2) is 11.2. The molecule has 27 heavy (non-hydrogen) atoms. The summed E-state index contributed by atoms with van der Waals surface area (Å²) in [6.07, 6.45) is 0. The predicted molar refractivity (Wildman–Crippen MR) is 105 cm³/mol. The van der Waals surface area contributed by atoms with E-state index in [1.165, 1.54) is 17.7 Å². The van der Waals surface area contributed by atoms with E-state index < -0.39 is 0 Å². The lowest BCUT2D eigenvalue weighted by Gasteiger charge is -2.20. The zero-order chi connectivity index (χ0) is 19.5. The van der Waals surface area contributed by atoms with Gasteiger partial charge < -0.3 is 15.4 Å². The monoisotopic (exact) mass is 373 g/mol. The van der Waals surface area contributed by atoms with Gasteiger partial charge in [0.05, 0.1) is 6.54 Å². The number of carbonyl (C=O) groups excluding carboxylic acids is 1. The molecule has 146 valence electrons. The van der Waals surface area contributed by atoms with Crippen molar-refractivity contribution in [2.75, 3.05) is 26.2 Å². The van der Waals surface area contributed by atoms with Crippen molar-refractivity contribution in [2.45, 2.75) is 26.9 Å². The van der Waals surface area contributed by atoms with Crippen molar-refractivity contribution >= 4 is 6.03 Å². The molecular weight excluding hydrogens is 345 g/mol. The fraction of sp³-hybridized carbons (Fsp3) is 0.381. The Hall–Kier alpha value is -2.60. The Morgan fingerprint density at radius 3 is 2.48 bits per heavy atom. The van der Waals surface area contributed by atoms with Gasteiger partial charge >= 0.3 is 6.03 Å². The Labute approximate surface area is 160 Å². The number of carbonyl (C=O) groups is 1. The fourth-order valence-corrected chi connectivity index (χ4v) is 2.70. The molecule has 0 saturated carbocycles. The summed E-state index contributed by atoms with van der Waals surface area (Å²) in [5.41, 5.74) is 2.33. The molecule has 6 heteroatoms. The third kappa shape index (κ3) is 7.27. The largest absolute Gasteiger partial charge is 0.492 e. The minimum absolute atomic E-state index is 0.254. The second-order valence-corrected chi connectivity index (χ2v) is 6.15. The minimum atomic E-state index is -0.346. The van der Waals surface area contributed by atoms with Gasteiger partial charge in [0.25, 0.3) is 0 Å². The van der Waals surface area contributed by atoms with Crippen molar-refractivity contribution < 1.29 is 13.9 Å². The van der Waals surface area contributed by atoms with E-state index in [0.29, 0.717) is 18.8 Å². The molecule has 0 aliphatic rings. The van der Waals surface area contributed by atoms with Crippen LogP contribution in [0, 0.1) is 5.82 Å². The average Bonchev–Trinajstić information content (AvgIpc) is 2.68. The Bertz CT molecular complexity index is 720. The molecule has 0 aliphatic carbocycles. The van der Waals surface area contributed by atoms with E-state index in [-0.39, 0.29) is 18.5 Å².